The molecular formula is C3HBrF5. The van der Waals surface area contributed by atoms with E-state index in [1.165, 1.54) is 0 Å². The normalized spacial score (nSPS) is 14.0. The molecule has 0 N–H and O–H groups in total. The minimum absolute atomic E-state index is 0.375. The van der Waals surface area contributed by atoms with Gasteiger partial charge < -0.3 is 0 Å². The van der Waals surface area contributed by atoms with Crippen molar-refractivity contribution in [1.82, 2.24) is 0 Å². The van der Waals surface area contributed by atoms with Crippen LogP contribution in [0.1, 0.15) is 0 Å². The molecule has 0 aromatic carbocycles. The molecule has 0 heterocycles. The Labute approximate surface area is 56.2 Å². The van der Waals surface area contributed by atoms with Gasteiger partial charge in [0.05, 0.1) is 0 Å². The molecule has 0 saturated heterocycles. The fraction of sp³-hybridized carbons (Fsp3) is 0.667. The number of alkyl halides is 5. The minimum Gasteiger partial charge on any atom is -0.195 e. The van der Waals surface area contributed by atoms with Gasteiger partial charge in [0, 0.05) is 0 Å². The van der Waals surface area contributed by atoms with Gasteiger partial charge in [0.15, 0.2) is 0 Å². The first-order valence-corrected chi connectivity index (χ1v) is 2.62. The zero-order valence-electron chi connectivity index (χ0n) is 3.85. The van der Waals surface area contributed by atoms with Crippen molar-refractivity contribution in [2.45, 2.75) is 12.1 Å². The third-order valence-electron chi connectivity index (χ3n) is 0.515. The highest BCUT2D eigenvalue weighted by atomic mass is 79.9. The van der Waals surface area contributed by atoms with Gasteiger partial charge in [-0.25, -0.2) is 0 Å². The van der Waals surface area contributed by atoms with E-state index >= 15 is 0 Å². The van der Waals surface area contributed by atoms with Crippen molar-refractivity contribution in [3.8, 4) is 0 Å². The van der Waals surface area contributed by atoms with Crippen LogP contribution in [0.2, 0.25) is 0 Å². The fourth-order valence-corrected chi connectivity index (χ4v) is 0.321. The molecule has 0 nitrogen and oxygen atoms in total. The Hall–Kier alpha value is 0.130. The van der Waals surface area contributed by atoms with Gasteiger partial charge in [-0.15, -0.1) is 0 Å². The van der Waals surface area contributed by atoms with Gasteiger partial charge in [-0.05, 0) is 0 Å². The van der Waals surface area contributed by atoms with E-state index in [4.69, 9.17) is 0 Å². The van der Waals surface area contributed by atoms with Crippen molar-refractivity contribution in [3.05, 3.63) is 5.33 Å². The SMILES string of the molecule is FC(F)(F)C(F)(F)[CH]Br. The first kappa shape index (κ1) is 9.13. The second-order valence-corrected chi connectivity index (χ2v) is 1.69. The van der Waals surface area contributed by atoms with Gasteiger partial charge in [0.1, 0.15) is 5.33 Å². The Morgan fingerprint density at radius 3 is 1.33 bits per heavy atom. The van der Waals surface area contributed by atoms with Crippen molar-refractivity contribution in [1.29, 1.82) is 0 Å². The second-order valence-electron chi connectivity index (χ2n) is 1.23. The summed E-state index contributed by atoms with van der Waals surface area (Å²) in [6.07, 6.45) is -5.49. The molecule has 0 amide bonds. The summed E-state index contributed by atoms with van der Waals surface area (Å²) in [7, 11) is 0. The van der Waals surface area contributed by atoms with Gasteiger partial charge in [-0.1, -0.05) is 15.9 Å². The maximum absolute atomic E-state index is 11.4. The van der Waals surface area contributed by atoms with Gasteiger partial charge in [-0.3, -0.25) is 0 Å². The summed E-state index contributed by atoms with van der Waals surface area (Å²) in [4.78, 5) is 0. The van der Waals surface area contributed by atoms with Crippen LogP contribution in [-0.2, 0) is 0 Å². The maximum Gasteiger partial charge on any atom is 0.454 e. The van der Waals surface area contributed by atoms with Crippen LogP contribution in [0.4, 0.5) is 22.0 Å². The van der Waals surface area contributed by atoms with Crippen molar-refractivity contribution in [2.75, 3.05) is 0 Å². The van der Waals surface area contributed by atoms with E-state index < -0.39 is 12.1 Å². The molecule has 0 aliphatic carbocycles. The predicted octanol–water partition coefficient (Wildman–Crippen LogP) is 2.74. The maximum atomic E-state index is 11.4. The molecule has 0 rings (SSSR count). The van der Waals surface area contributed by atoms with Crippen LogP contribution in [0.5, 0.6) is 0 Å². The Balaban J connectivity index is 4.14. The third kappa shape index (κ3) is 2.08. The number of rotatable bonds is 1. The zero-order chi connectivity index (χ0) is 7.71. The molecule has 0 fully saturated rings. The van der Waals surface area contributed by atoms with Crippen LogP contribution >= 0.6 is 15.9 Å². The molecule has 0 aromatic rings. The molecule has 55 valence electrons. The molecular weight excluding hydrogens is 211 g/mol. The van der Waals surface area contributed by atoms with Crippen LogP contribution in [0.3, 0.4) is 0 Å². The second kappa shape index (κ2) is 2.40. The average molecular weight is 212 g/mol. The number of hydrogen-bond donors (Lipinski definition) is 0. The average Bonchev–Trinajstić information content (AvgIpc) is 1.64. The minimum atomic E-state index is -5.49. The standard InChI is InChI=1S/C3HBrF5/c4-1-2(5,6)3(7,8)9/h1H. The summed E-state index contributed by atoms with van der Waals surface area (Å²) >= 11 is 1.91. The Morgan fingerprint density at radius 1 is 1.00 bits per heavy atom. The number of halogens is 6. The molecule has 0 aliphatic rings. The van der Waals surface area contributed by atoms with Crippen molar-refractivity contribution >= 4 is 15.9 Å². The lowest BCUT2D eigenvalue weighted by Gasteiger charge is -2.15. The molecule has 9 heavy (non-hydrogen) atoms. The Bertz CT molecular complexity index is 94.9. The Morgan fingerprint density at radius 2 is 1.33 bits per heavy atom. The summed E-state index contributed by atoms with van der Waals surface area (Å²) in [5.41, 5.74) is 0. The van der Waals surface area contributed by atoms with Gasteiger partial charge in [-0.2, -0.15) is 22.0 Å². The lowest BCUT2D eigenvalue weighted by atomic mass is 10.4. The van der Waals surface area contributed by atoms with Gasteiger partial charge in [0.2, 0.25) is 0 Å². The van der Waals surface area contributed by atoms with E-state index in [1.807, 2.05) is 15.9 Å². The largest absolute Gasteiger partial charge is 0.454 e. The summed E-state index contributed by atoms with van der Waals surface area (Å²) in [5.74, 6) is -4.73. The van der Waals surface area contributed by atoms with E-state index in [-0.39, 0.29) is 5.33 Å². The third-order valence-corrected chi connectivity index (χ3v) is 1.09. The summed E-state index contributed by atoms with van der Waals surface area (Å²) < 4.78 is 55.9. The van der Waals surface area contributed by atoms with Gasteiger partial charge >= 0.3 is 12.1 Å². The first-order valence-electron chi connectivity index (χ1n) is 1.70. The van der Waals surface area contributed by atoms with Crippen LogP contribution < -0.4 is 0 Å². The summed E-state index contributed by atoms with van der Waals surface area (Å²) in [6.45, 7) is 0. The van der Waals surface area contributed by atoms with Crippen molar-refractivity contribution in [3.63, 3.8) is 0 Å². The fourth-order valence-electron chi connectivity index (χ4n) is 0.0619. The molecule has 0 unspecified atom stereocenters. The molecule has 1 radical (unpaired) electrons. The highest BCUT2D eigenvalue weighted by Crippen LogP contribution is 2.38. The Kier molecular flexibility index (Phi) is 2.43. The first-order chi connectivity index (χ1) is 3.81. The van der Waals surface area contributed by atoms with Crippen molar-refractivity contribution in [2.24, 2.45) is 0 Å². The van der Waals surface area contributed by atoms with Crippen LogP contribution in [0.25, 0.3) is 0 Å². The monoisotopic (exact) mass is 211 g/mol. The highest BCUT2D eigenvalue weighted by Gasteiger charge is 2.56. The van der Waals surface area contributed by atoms with E-state index in [2.05, 4.69) is 0 Å². The van der Waals surface area contributed by atoms with E-state index in [0.29, 0.717) is 0 Å². The number of hydrogen-bond acceptors (Lipinski definition) is 0. The van der Waals surface area contributed by atoms with E-state index in [9.17, 15) is 22.0 Å². The molecule has 0 spiro atoms. The lowest BCUT2D eigenvalue weighted by molar-refractivity contribution is -0.262. The quantitative estimate of drug-likeness (QED) is 0.586. The zero-order valence-corrected chi connectivity index (χ0v) is 5.43. The van der Waals surface area contributed by atoms with Crippen LogP contribution in [-0.4, -0.2) is 12.1 Å². The van der Waals surface area contributed by atoms with E-state index in [1.54, 1.807) is 0 Å². The lowest BCUT2D eigenvalue weighted by Crippen LogP contribution is -2.35. The molecule has 6 heteroatoms. The smallest absolute Gasteiger partial charge is 0.195 e. The van der Waals surface area contributed by atoms with Gasteiger partial charge in [0.25, 0.3) is 0 Å². The molecule has 0 bridgehead atoms. The summed E-state index contributed by atoms with van der Waals surface area (Å²) in [6, 6.07) is 0. The topological polar surface area (TPSA) is 0 Å². The van der Waals surface area contributed by atoms with Crippen LogP contribution in [0.15, 0.2) is 0 Å². The molecule has 0 atom stereocenters. The molecule has 0 aliphatic heterocycles. The van der Waals surface area contributed by atoms with E-state index in [0.717, 1.165) is 0 Å². The van der Waals surface area contributed by atoms with Crippen LogP contribution in [0, 0.1) is 5.33 Å². The highest BCUT2D eigenvalue weighted by molar-refractivity contribution is 9.10. The predicted molar refractivity (Wildman–Crippen MR) is 24.2 cm³/mol. The summed E-state index contributed by atoms with van der Waals surface area (Å²) in [5, 5.41) is -0.375. The molecule has 0 saturated carbocycles. The van der Waals surface area contributed by atoms with Crippen molar-refractivity contribution < 1.29 is 22.0 Å². The molecule has 0 aromatic heterocycles.